The summed E-state index contributed by atoms with van der Waals surface area (Å²) in [6.45, 7) is 3.15. The molecule has 0 spiro atoms. The third-order valence-electron chi connectivity index (χ3n) is 3.13. The minimum Gasteiger partial charge on any atom is -0.370 e. The van der Waals surface area contributed by atoms with Gasteiger partial charge >= 0.3 is 0 Å². The van der Waals surface area contributed by atoms with Crippen molar-refractivity contribution in [2.75, 3.05) is 13.6 Å². The summed E-state index contributed by atoms with van der Waals surface area (Å²) in [5.74, 6) is 1.54. The van der Waals surface area contributed by atoms with Crippen LogP contribution < -0.4 is 5.73 Å². The van der Waals surface area contributed by atoms with Crippen molar-refractivity contribution in [3.8, 4) is 0 Å². The molecule has 0 bridgehead atoms. The standard InChI is InChI=1S/C8H15N3/c1-8(6-3-4-6)5-10-7(9)11(8)2/h6H,3-5H2,1-2H3,(H2,9,10). The molecule has 1 heterocycles. The molecular formula is C8H15N3. The van der Waals surface area contributed by atoms with Gasteiger partial charge in [0.2, 0.25) is 0 Å². The zero-order chi connectivity index (χ0) is 8.06. The summed E-state index contributed by atoms with van der Waals surface area (Å²) in [7, 11) is 2.05. The molecule has 3 heteroatoms. The highest BCUT2D eigenvalue weighted by Crippen LogP contribution is 2.44. The van der Waals surface area contributed by atoms with E-state index < -0.39 is 0 Å². The average molecular weight is 153 g/mol. The minimum atomic E-state index is 0.240. The fourth-order valence-corrected chi connectivity index (χ4v) is 1.82. The van der Waals surface area contributed by atoms with Crippen LogP contribution in [0.4, 0.5) is 0 Å². The van der Waals surface area contributed by atoms with Gasteiger partial charge in [0, 0.05) is 7.05 Å². The molecular weight excluding hydrogens is 138 g/mol. The van der Waals surface area contributed by atoms with Crippen molar-refractivity contribution in [1.29, 1.82) is 0 Å². The fourth-order valence-electron chi connectivity index (χ4n) is 1.82. The van der Waals surface area contributed by atoms with Gasteiger partial charge in [-0.25, -0.2) is 0 Å². The molecule has 11 heavy (non-hydrogen) atoms. The number of guanidine groups is 1. The Kier molecular flexibility index (Phi) is 1.20. The van der Waals surface area contributed by atoms with Crippen molar-refractivity contribution in [2.45, 2.75) is 25.3 Å². The second kappa shape index (κ2) is 1.90. The molecule has 2 N–H and O–H groups in total. The van der Waals surface area contributed by atoms with E-state index in [0.29, 0.717) is 5.96 Å². The SMILES string of the molecule is CN1C(N)=NCC1(C)C1CC1. The van der Waals surface area contributed by atoms with Crippen molar-refractivity contribution in [3.05, 3.63) is 0 Å². The molecule has 2 rings (SSSR count). The molecule has 2 aliphatic rings. The Balaban J connectivity index is 2.17. The molecule has 0 saturated heterocycles. The molecule has 0 aromatic carbocycles. The number of hydrogen-bond donors (Lipinski definition) is 1. The lowest BCUT2D eigenvalue weighted by atomic mass is 9.96. The average Bonchev–Trinajstić information content (AvgIpc) is 2.77. The van der Waals surface area contributed by atoms with E-state index in [-0.39, 0.29) is 5.54 Å². The lowest BCUT2D eigenvalue weighted by Crippen LogP contribution is -2.48. The van der Waals surface area contributed by atoms with Gasteiger partial charge in [-0.1, -0.05) is 0 Å². The van der Waals surface area contributed by atoms with Crippen LogP contribution in [0.25, 0.3) is 0 Å². The van der Waals surface area contributed by atoms with E-state index in [4.69, 9.17) is 5.73 Å². The van der Waals surface area contributed by atoms with Crippen molar-refractivity contribution >= 4 is 5.96 Å². The summed E-state index contributed by atoms with van der Waals surface area (Å²) < 4.78 is 0. The zero-order valence-electron chi connectivity index (χ0n) is 7.17. The van der Waals surface area contributed by atoms with Gasteiger partial charge < -0.3 is 10.6 Å². The van der Waals surface area contributed by atoms with E-state index in [2.05, 4.69) is 16.8 Å². The number of rotatable bonds is 1. The molecule has 0 radical (unpaired) electrons. The molecule has 1 saturated carbocycles. The fraction of sp³-hybridized carbons (Fsp3) is 0.875. The zero-order valence-corrected chi connectivity index (χ0v) is 7.17. The van der Waals surface area contributed by atoms with Crippen LogP contribution in [0.2, 0.25) is 0 Å². The lowest BCUT2D eigenvalue weighted by molar-refractivity contribution is 0.226. The molecule has 0 aromatic heterocycles. The summed E-state index contributed by atoms with van der Waals surface area (Å²) >= 11 is 0. The van der Waals surface area contributed by atoms with Crippen LogP contribution in [-0.4, -0.2) is 30.0 Å². The molecule has 1 aliphatic carbocycles. The Labute approximate surface area is 67.3 Å². The van der Waals surface area contributed by atoms with Gasteiger partial charge in [0.1, 0.15) is 0 Å². The Morgan fingerprint density at radius 3 is 2.64 bits per heavy atom. The summed E-state index contributed by atoms with van der Waals surface area (Å²) in [5.41, 5.74) is 5.94. The smallest absolute Gasteiger partial charge is 0.191 e. The predicted octanol–water partition coefficient (Wildman–Crippen LogP) is 0.415. The Bertz CT molecular complexity index is 207. The molecule has 1 atom stereocenters. The van der Waals surface area contributed by atoms with Gasteiger partial charge in [0.25, 0.3) is 0 Å². The van der Waals surface area contributed by atoms with Gasteiger partial charge in [-0.05, 0) is 25.7 Å². The first-order valence-electron chi connectivity index (χ1n) is 4.18. The normalized spacial score (nSPS) is 37.6. The van der Waals surface area contributed by atoms with Crippen LogP contribution in [0.3, 0.4) is 0 Å². The number of likely N-dealkylation sites (N-methyl/N-ethyl adjacent to an activating group) is 1. The number of nitrogens with zero attached hydrogens (tertiary/aromatic N) is 2. The Morgan fingerprint density at radius 2 is 2.27 bits per heavy atom. The van der Waals surface area contributed by atoms with Gasteiger partial charge in [0.15, 0.2) is 5.96 Å². The van der Waals surface area contributed by atoms with Crippen molar-refractivity contribution < 1.29 is 0 Å². The monoisotopic (exact) mass is 153 g/mol. The van der Waals surface area contributed by atoms with Gasteiger partial charge in [0.05, 0.1) is 12.1 Å². The van der Waals surface area contributed by atoms with Crippen LogP contribution in [0, 0.1) is 5.92 Å². The largest absolute Gasteiger partial charge is 0.370 e. The molecule has 0 aromatic rings. The van der Waals surface area contributed by atoms with E-state index in [0.717, 1.165) is 12.5 Å². The second-order valence-electron chi connectivity index (χ2n) is 3.86. The topological polar surface area (TPSA) is 41.6 Å². The Hall–Kier alpha value is -0.730. The van der Waals surface area contributed by atoms with E-state index >= 15 is 0 Å². The van der Waals surface area contributed by atoms with Crippen LogP contribution in [-0.2, 0) is 0 Å². The van der Waals surface area contributed by atoms with E-state index in [1.54, 1.807) is 0 Å². The molecule has 1 unspecified atom stereocenters. The van der Waals surface area contributed by atoms with Crippen LogP contribution in [0.15, 0.2) is 4.99 Å². The van der Waals surface area contributed by atoms with E-state index in [1.165, 1.54) is 12.8 Å². The van der Waals surface area contributed by atoms with Crippen LogP contribution in [0.5, 0.6) is 0 Å². The van der Waals surface area contributed by atoms with Crippen molar-refractivity contribution in [2.24, 2.45) is 16.6 Å². The number of nitrogens with two attached hydrogens (primary N) is 1. The first-order valence-corrected chi connectivity index (χ1v) is 4.18. The van der Waals surface area contributed by atoms with Crippen molar-refractivity contribution in [3.63, 3.8) is 0 Å². The summed E-state index contributed by atoms with van der Waals surface area (Å²) in [4.78, 5) is 6.38. The summed E-state index contributed by atoms with van der Waals surface area (Å²) in [6, 6.07) is 0. The molecule has 1 aliphatic heterocycles. The third kappa shape index (κ3) is 0.832. The quantitative estimate of drug-likeness (QED) is 0.593. The number of aliphatic imine (C=N–C) groups is 1. The van der Waals surface area contributed by atoms with Crippen molar-refractivity contribution in [1.82, 2.24) is 4.90 Å². The minimum absolute atomic E-state index is 0.240. The lowest BCUT2D eigenvalue weighted by Gasteiger charge is -2.33. The van der Waals surface area contributed by atoms with Gasteiger partial charge in [-0.2, -0.15) is 0 Å². The summed E-state index contributed by atoms with van der Waals surface area (Å²) in [5, 5.41) is 0. The van der Waals surface area contributed by atoms with Crippen LogP contribution in [0.1, 0.15) is 19.8 Å². The molecule has 3 nitrogen and oxygen atoms in total. The van der Waals surface area contributed by atoms with Crippen LogP contribution >= 0.6 is 0 Å². The maximum atomic E-state index is 5.70. The highest BCUT2D eigenvalue weighted by atomic mass is 15.3. The van der Waals surface area contributed by atoms with Gasteiger partial charge in [-0.3, -0.25) is 4.99 Å². The predicted molar refractivity (Wildman–Crippen MR) is 45.4 cm³/mol. The Morgan fingerprint density at radius 1 is 1.64 bits per heavy atom. The van der Waals surface area contributed by atoms with E-state index in [9.17, 15) is 0 Å². The number of hydrogen-bond acceptors (Lipinski definition) is 3. The highest BCUT2D eigenvalue weighted by Gasteiger charge is 2.47. The second-order valence-corrected chi connectivity index (χ2v) is 3.86. The van der Waals surface area contributed by atoms with Gasteiger partial charge in [-0.15, -0.1) is 0 Å². The maximum absolute atomic E-state index is 5.70. The highest BCUT2D eigenvalue weighted by molar-refractivity contribution is 5.80. The first kappa shape index (κ1) is 6.95. The summed E-state index contributed by atoms with van der Waals surface area (Å²) in [6.07, 6.45) is 2.70. The molecule has 0 amide bonds. The third-order valence-corrected chi connectivity index (χ3v) is 3.13. The maximum Gasteiger partial charge on any atom is 0.191 e. The molecule has 62 valence electrons. The van der Waals surface area contributed by atoms with E-state index in [1.807, 2.05) is 7.05 Å². The first-order chi connectivity index (χ1) is 5.14. The molecule has 1 fully saturated rings.